The lowest BCUT2D eigenvalue weighted by molar-refractivity contribution is -0.313. The Morgan fingerprint density at radius 3 is 2.56 bits per heavy atom. The standard InChI is InChI=1S/C16H18N2O5S2/c1-25(22,23)9-6-7-12-13(8-9)24-16(17-12)18-14(19)10-4-2-3-5-11(10)15(20)21/h6-8,10-11H,2-5H2,1H3,(H,20,21)(H,17,18,19)/p-1/t10-,11-/m1/s1. The third-order valence-electron chi connectivity index (χ3n) is 4.42. The number of thiazole rings is 1. The fourth-order valence-electron chi connectivity index (χ4n) is 3.11. The van der Waals surface area contributed by atoms with Gasteiger partial charge in [0.2, 0.25) is 5.91 Å². The lowest BCUT2D eigenvalue weighted by Crippen LogP contribution is -2.42. The molecule has 1 fully saturated rings. The van der Waals surface area contributed by atoms with Gasteiger partial charge in [-0.15, -0.1) is 0 Å². The van der Waals surface area contributed by atoms with Crippen molar-refractivity contribution < 1.29 is 23.1 Å². The van der Waals surface area contributed by atoms with Gasteiger partial charge in [0.15, 0.2) is 15.0 Å². The van der Waals surface area contributed by atoms with Gasteiger partial charge in [-0.2, -0.15) is 0 Å². The first-order valence-corrected chi connectivity index (χ1v) is 10.6. The number of amides is 1. The number of carbonyl (C=O) groups is 2. The van der Waals surface area contributed by atoms with Crippen LogP contribution < -0.4 is 10.4 Å². The molecule has 1 heterocycles. The Bertz CT molecular complexity index is 935. The monoisotopic (exact) mass is 381 g/mol. The predicted octanol–water partition coefficient (Wildman–Crippen LogP) is 1.19. The van der Waals surface area contributed by atoms with E-state index in [2.05, 4.69) is 10.3 Å². The van der Waals surface area contributed by atoms with Crippen molar-refractivity contribution in [2.24, 2.45) is 11.8 Å². The van der Waals surface area contributed by atoms with Crippen LogP contribution in [0.15, 0.2) is 23.1 Å². The number of carboxylic acid groups (broad SMARTS) is 1. The number of nitrogens with zero attached hydrogens (tertiary/aromatic N) is 1. The summed E-state index contributed by atoms with van der Waals surface area (Å²) >= 11 is 1.16. The molecule has 1 amide bonds. The predicted molar refractivity (Wildman–Crippen MR) is 91.8 cm³/mol. The van der Waals surface area contributed by atoms with Gasteiger partial charge < -0.3 is 15.2 Å². The number of carboxylic acids is 1. The molecule has 1 aliphatic carbocycles. The van der Waals surface area contributed by atoms with Crippen molar-refractivity contribution in [3.8, 4) is 0 Å². The summed E-state index contributed by atoms with van der Waals surface area (Å²) < 4.78 is 23.9. The smallest absolute Gasteiger partial charge is 0.229 e. The van der Waals surface area contributed by atoms with Crippen LogP contribution in [0.4, 0.5) is 5.13 Å². The second kappa shape index (κ2) is 6.72. The maximum atomic E-state index is 12.5. The molecule has 9 heteroatoms. The van der Waals surface area contributed by atoms with E-state index in [9.17, 15) is 23.1 Å². The zero-order chi connectivity index (χ0) is 18.2. The summed E-state index contributed by atoms with van der Waals surface area (Å²) in [6.07, 6.45) is 3.66. The summed E-state index contributed by atoms with van der Waals surface area (Å²) in [5.74, 6) is -2.98. The van der Waals surface area contributed by atoms with E-state index in [-0.39, 0.29) is 10.8 Å². The van der Waals surface area contributed by atoms with Crippen molar-refractivity contribution >= 4 is 48.4 Å². The van der Waals surface area contributed by atoms with Crippen molar-refractivity contribution in [1.82, 2.24) is 4.98 Å². The molecule has 0 spiro atoms. The van der Waals surface area contributed by atoms with Gasteiger partial charge in [0.25, 0.3) is 0 Å². The maximum absolute atomic E-state index is 12.5. The van der Waals surface area contributed by atoms with E-state index < -0.39 is 27.6 Å². The van der Waals surface area contributed by atoms with Crippen molar-refractivity contribution in [2.75, 3.05) is 11.6 Å². The molecule has 0 saturated heterocycles. The molecule has 0 unspecified atom stereocenters. The Labute approximate surface area is 149 Å². The van der Waals surface area contributed by atoms with Crippen LogP contribution in [-0.4, -0.2) is 31.5 Å². The van der Waals surface area contributed by atoms with Crippen molar-refractivity contribution in [3.05, 3.63) is 18.2 Å². The lowest BCUT2D eigenvalue weighted by atomic mass is 9.79. The van der Waals surface area contributed by atoms with Gasteiger partial charge in [0.05, 0.1) is 15.1 Å². The fourth-order valence-corrected chi connectivity index (χ4v) is 4.74. The molecular formula is C16H17N2O5S2-. The van der Waals surface area contributed by atoms with E-state index in [1.807, 2.05) is 0 Å². The Hall–Kier alpha value is -2.00. The third kappa shape index (κ3) is 3.82. The summed E-state index contributed by atoms with van der Waals surface area (Å²) in [7, 11) is -3.32. The first kappa shape index (κ1) is 17.8. The zero-order valence-electron chi connectivity index (χ0n) is 13.5. The molecule has 134 valence electrons. The van der Waals surface area contributed by atoms with Crippen LogP contribution in [0.3, 0.4) is 0 Å². The molecule has 1 N–H and O–H groups in total. The second-order valence-electron chi connectivity index (χ2n) is 6.23. The summed E-state index contributed by atoms with van der Waals surface area (Å²) in [4.78, 5) is 28.1. The highest BCUT2D eigenvalue weighted by Gasteiger charge is 2.32. The van der Waals surface area contributed by atoms with E-state index in [1.165, 1.54) is 12.1 Å². The van der Waals surface area contributed by atoms with Crippen LogP contribution in [0.5, 0.6) is 0 Å². The molecule has 1 saturated carbocycles. The minimum Gasteiger partial charge on any atom is -0.550 e. The second-order valence-corrected chi connectivity index (χ2v) is 9.27. The number of carbonyl (C=O) groups excluding carboxylic acids is 2. The molecule has 0 radical (unpaired) electrons. The minimum atomic E-state index is -3.32. The Morgan fingerprint density at radius 1 is 1.24 bits per heavy atom. The molecule has 2 aromatic rings. The number of hydrogen-bond acceptors (Lipinski definition) is 7. The fraction of sp³-hybridized carbons (Fsp3) is 0.438. The van der Waals surface area contributed by atoms with Crippen molar-refractivity contribution in [1.29, 1.82) is 0 Å². The molecule has 1 aromatic carbocycles. The van der Waals surface area contributed by atoms with Gasteiger partial charge in [-0.25, -0.2) is 13.4 Å². The van der Waals surface area contributed by atoms with Gasteiger partial charge in [-0.1, -0.05) is 24.2 Å². The quantitative estimate of drug-likeness (QED) is 0.850. The Kier molecular flexibility index (Phi) is 4.79. The molecule has 0 aliphatic heterocycles. The molecule has 1 aromatic heterocycles. The minimum absolute atomic E-state index is 0.186. The van der Waals surface area contributed by atoms with Crippen molar-refractivity contribution in [2.45, 2.75) is 30.6 Å². The molecule has 1 aliphatic rings. The van der Waals surface area contributed by atoms with Crippen LogP contribution in [0.1, 0.15) is 25.7 Å². The van der Waals surface area contributed by atoms with Gasteiger partial charge >= 0.3 is 0 Å². The number of aliphatic carboxylic acids is 1. The number of fused-ring (bicyclic) bond motifs is 1. The number of anilines is 1. The van der Waals surface area contributed by atoms with Gasteiger partial charge in [0.1, 0.15) is 0 Å². The van der Waals surface area contributed by atoms with Crippen LogP contribution in [-0.2, 0) is 19.4 Å². The molecular weight excluding hydrogens is 364 g/mol. The highest BCUT2D eigenvalue weighted by atomic mass is 32.2. The Morgan fingerprint density at radius 2 is 1.92 bits per heavy atom. The van der Waals surface area contributed by atoms with E-state index in [4.69, 9.17) is 0 Å². The van der Waals surface area contributed by atoms with Crippen LogP contribution >= 0.6 is 11.3 Å². The highest BCUT2D eigenvalue weighted by molar-refractivity contribution is 7.90. The summed E-state index contributed by atoms with van der Waals surface area (Å²) in [5.41, 5.74) is 0.577. The summed E-state index contributed by atoms with van der Waals surface area (Å²) in [6.45, 7) is 0. The van der Waals surface area contributed by atoms with Gasteiger partial charge in [-0.3, -0.25) is 4.79 Å². The lowest BCUT2D eigenvalue weighted by Gasteiger charge is -2.30. The van der Waals surface area contributed by atoms with E-state index in [0.29, 0.717) is 28.2 Å². The highest BCUT2D eigenvalue weighted by Crippen LogP contribution is 2.32. The average molecular weight is 381 g/mol. The van der Waals surface area contributed by atoms with E-state index in [0.717, 1.165) is 30.4 Å². The zero-order valence-corrected chi connectivity index (χ0v) is 15.2. The van der Waals surface area contributed by atoms with Gasteiger partial charge in [-0.05, 0) is 31.0 Å². The molecule has 2 atom stereocenters. The first-order chi connectivity index (χ1) is 11.8. The van der Waals surface area contributed by atoms with E-state index in [1.54, 1.807) is 6.07 Å². The molecule has 3 rings (SSSR count). The number of aromatic nitrogens is 1. The van der Waals surface area contributed by atoms with Crippen molar-refractivity contribution in [3.63, 3.8) is 0 Å². The largest absolute Gasteiger partial charge is 0.550 e. The average Bonchev–Trinajstić information content (AvgIpc) is 2.95. The molecule has 25 heavy (non-hydrogen) atoms. The molecule has 0 bridgehead atoms. The van der Waals surface area contributed by atoms with Crippen LogP contribution in [0, 0.1) is 11.8 Å². The number of nitrogens with one attached hydrogen (secondary N) is 1. The number of benzene rings is 1. The number of rotatable bonds is 4. The van der Waals surface area contributed by atoms with Gasteiger partial charge in [0, 0.05) is 24.1 Å². The summed E-state index contributed by atoms with van der Waals surface area (Å²) in [5, 5.41) is 14.2. The maximum Gasteiger partial charge on any atom is 0.229 e. The summed E-state index contributed by atoms with van der Waals surface area (Å²) in [6, 6.07) is 4.57. The Balaban J connectivity index is 1.82. The number of sulfone groups is 1. The van der Waals surface area contributed by atoms with E-state index >= 15 is 0 Å². The third-order valence-corrected chi connectivity index (χ3v) is 6.47. The SMILES string of the molecule is CS(=O)(=O)c1ccc2nc(NC(=O)[C@@H]3CCCC[C@H]3C(=O)[O-])sc2c1. The topological polar surface area (TPSA) is 116 Å². The normalized spacial score (nSPS) is 21.2. The van der Waals surface area contributed by atoms with Crippen LogP contribution in [0.25, 0.3) is 10.2 Å². The van der Waals surface area contributed by atoms with Crippen LogP contribution in [0.2, 0.25) is 0 Å². The first-order valence-electron chi connectivity index (χ1n) is 7.88. The molecule has 7 nitrogen and oxygen atoms in total. The number of hydrogen-bond donors (Lipinski definition) is 1.